The van der Waals surface area contributed by atoms with Crippen molar-refractivity contribution in [2.75, 3.05) is 0 Å². The minimum atomic E-state index is -0.598. The highest BCUT2D eigenvalue weighted by atomic mass is 32.1. The number of H-pyrrole nitrogens is 3. The molecule has 5 rings (SSSR count). The van der Waals surface area contributed by atoms with Gasteiger partial charge in [-0.1, -0.05) is 32.8 Å². The molecule has 3 N–H and O–H groups in total. The lowest BCUT2D eigenvalue weighted by molar-refractivity contribution is 0.00501. The average Bonchev–Trinajstić information content (AvgIpc) is 3.74. The SMILES string of the molecule is CCCCc1c(Cc2nc(Cc3[nH]c(C(=O)OC(C)(C)C)c(C)c3CCCC)c3c2ccc2[nH]snc23)[nH]c(C(=O)OC(C)(C)C)c1C. The van der Waals surface area contributed by atoms with Gasteiger partial charge >= 0.3 is 11.9 Å². The van der Waals surface area contributed by atoms with Crippen molar-refractivity contribution in [3.63, 3.8) is 0 Å². The molecule has 0 aliphatic heterocycles. The number of hydrogen-bond acceptors (Lipinski definition) is 7. The summed E-state index contributed by atoms with van der Waals surface area (Å²) >= 11 is 1.32. The van der Waals surface area contributed by atoms with E-state index in [9.17, 15) is 9.59 Å². The van der Waals surface area contributed by atoms with Crippen LogP contribution in [0.15, 0.2) is 12.1 Å². The van der Waals surface area contributed by atoms with E-state index in [0.717, 1.165) is 105 Å². The number of rotatable bonds is 12. The molecule has 0 saturated heterocycles. The predicted molar refractivity (Wildman–Crippen MR) is 194 cm³/mol. The Morgan fingerprint density at radius 2 is 1.27 bits per heavy atom. The van der Waals surface area contributed by atoms with Gasteiger partial charge in [-0.25, -0.2) is 9.59 Å². The Morgan fingerprint density at radius 3 is 1.75 bits per heavy atom. The molecular weight excluding hydrogens is 623 g/mol. The number of fused-ring (bicyclic) bond motifs is 3. The Kier molecular flexibility index (Phi) is 10.2. The number of carbonyl (C=O) groups excluding carboxylic acids is 2. The van der Waals surface area contributed by atoms with E-state index >= 15 is 0 Å². The van der Waals surface area contributed by atoms with Crippen LogP contribution in [0.25, 0.3) is 21.8 Å². The van der Waals surface area contributed by atoms with Crippen LogP contribution in [0.5, 0.6) is 0 Å². The second-order valence-corrected chi connectivity index (χ2v) is 15.5. The highest BCUT2D eigenvalue weighted by Crippen LogP contribution is 2.35. The third-order valence-electron chi connectivity index (χ3n) is 8.73. The Labute approximate surface area is 287 Å². The molecule has 0 unspecified atom stereocenters. The van der Waals surface area contributed by atoms with Gasteiger partial charge in [0, 0.05) is 46.7 Å². The van der Waals surface area contributed by atoms with Crippen LogP contribution in [-0.4, -0.2) is 46.8 Å². The molecule has 10 heteroatoms. The molecule has 5 aromatic rings. The Balaban J connectivity index is 1.61. The summed E-state index contributed by atoms with van der Waals surface area (Å²) < 4.78 is 19.6. The standard InChI is InChI=1S/C38H51N5O4S/c1-11-13-15-23-21(3)32(35(44)46-37(5,6)7)40-27(23)19-29-25-17-18-26-34(43-48-42-26)31(25)30(39-29)20-28-24(16-14-12-2)22(4)33(41-28)36(45)47-38(8,9)10/h17-18,40-42H,11-16,19-20H2,1-10H3. The van der Waals surface area contributed by atoms with E-state index in [1.54, 1.807) is 0 Å². The summed E-state index contributed by atoms with van der Waals surface area (Å²) in [5, 5.41) is 2.05. The molecule has 0 aliphatic rings. The van der Waals surface area contributed by atoms with Crippen LogP contribution in [0, 0.1) is 13.8 Å². The van der Waals surface area contributed by atoms with Gasteiger partial charge in [-0.3, -0.25) is 9.36 Å². The topological polar surface area (TPSA) is 126 Å². The highest BCUT2D eigenvalue weighted by Gasteiger charge is 2.28. The average molecular weight is 674 g/mol. The summed E-state index contributed by atoms with van der Waals surface area (Å²) in [4.78, 5) is 38.8. The van der Waals surface area contributed by atoms with Crippen LogP contribution in [0.4, 0.5) is 0 Å². The molecule has 0 amide bonds. The van der Waals surface area contributed by atoms with Crippen LogP contribution in [0.3, 0.4) is 0 Å². The number of aromatic nitrogens is 5. The fourth-order valence-corrected chi connectivity index (χ4v) is 7.03. The number of esters is 2. The fourth-order valence-electron chi connectivity index (χ4n) is 6.44. The monoisotopic (exact) mass is 673 g/mol. The van der Waals surface area contributed by atoms with Gasteiger partial charge in [0.15, 0.2) is 0 Å². The summed E-state index contributed by atoms with van der Waals surface area (Å²) in [5.41, 5.74) is 9.66. The van der Waals surface area contributed by atoms with Gasteiger partial charge in [0.25, 0.3) is 0 Å². The minimum absolute atomic E-state index is 0.341. The molecular formula is C38H51N5O4S. The summed E-state index contributed by atoms with van der Waals surface area (Å²) in [6, 6.07) is 4.18. The molecule has 1 aromatic carbocycles. The van der Waals surface area contributed by atoms with Gasteiger partial charge in [0.1, 0.15) is 28.1 Å². The summed E-state index contributed by atoms with van der Waals surface area (Å²) in [6.07, 6.45) is 6.90. The molecule has 0 fully saturated rings. The summed E-state index contributed by atoms with van der Waals surface area (Å²) in [6.45, 7) is 19.7. The molecule has 4 heterocycles. The van der Waals surface area contributed by atoms with Crippen molar-refractivity contribution < 1.29 is 19.1 Å². The van der Waals surface area contributed by atoms with Crippen LogP contribution in [0.1, 0.15) is 147 Å². The van der Waals surface area contributed by atoms with Crippen molar-refractivity contribution in [1.29, 1.82) is 0 Å². The van der Waals surface area contributed by atoms with Crippen molar-refractivity contribution in [2.45, 2.75) is 132 Å². The van der Waals surface area contributed by atoms with E-state index in [0.29, 0.717) is 24.2 Å². The Hall–Kier alpha value is -3.92. The normalized spacial score (nSPS) is 12.4. The lowest BCUT2D eigenvalue weighted by atomic mass is 9.99. The van der Waals surface area contributed by atoms with E-state index in [1.807, 2.05) is 55.4 Å². The van der Waals surface area contributed by atoms with E-state index in [4.69, 9.17) is 18.8 Å². The van der Waals surface area contributed by atoms with Crippen molar-refractivity contribution in [2.24, 2.45) is 0 Å². The summed E-state index contributed by atoms with van der Waals surface area (Å²) in [7, 11) is 0. The minimum Gasteiger partial charge on any atom is -0.455 e. The third-order valence-corrected chi connectivity index (χ3v) is 9.32. The zero-order chi connectivity index (χ0) is 35.0. The lowest BCUT2D eigenvalue weighted by Crippen LogP contribution is -2.24. The first-order valence-corrected chi connectivity index (χ1v) is 18.0. The largest absolute Gasteiger partial charge is 0.455 e. The van der Waals surface area contributed by atoms with Crippen molar-refractivity contribution in [1.82, 2.24) is 23.7 Å². The van der Waals surface area contributed by atoms with Gasteiger partial charge in [-0.2, -0.15) is 4.37 Å². The third kappa shape index (κ3) is 7.53. The van der Waals surface area contributed by atoms with Crippen LogP contribution in [0.2, 0.25) is 0 Å². The maximum absolute atomic E-state index is 13.3. The second-order valence-electron chi connectivity index (χ2n) is 14.9. The van der Waals surface area contributed by atoms with Crippen LogP contribution >= 0.6 is 11.7 Å². The molecule has 9 nitrogen and oxygen atoms in total. The van der Waals surface area contributed by atoms with E-state index in [1.165, 1.54) is 11.7 Å². The number of hydrogen-bond donors (Lipinski definition) is 3. The van der Waals surface area contributed by atoms with Crippen LogP contribution in [-0.2, 0) is 35.2 Å². The van der Waals surface area contributed by atoms with Gasteiger partial charge in [-0.15, -0.1) is 0 Å². The number of benzene rings is 1. The van der Waals surface area contributed by atoms with E-state index in [2.05, 4.69) is 40.3 Å². The molecule has 0 aliphatic carbocycles. The lowest BCUT2D eigenvalue weighted by Gasteiger charge is -2.19. The van der Waals surface area contributed by atoms with Gasteiger partial charge in [0.05, 0.1) is 16.9 Å². The van der Waals surface area contributed by atoms with Gasteiger partial charge in [0.2, 0.25) is 0 Å². The first-order chi connectivity index (χ1) is 22.6. The molecule has 4 aromatic heterocycles. The molecule has 258 valence electrons. The molecule has 48 heavy (non-hydrogen) atoms. The quantitative estimate of drug-likeness (QED) is 0.113. The molecule has 0 bridgehead atoms. The number of carbonyl (C=O) groups is 2. The number of unbranched alkanes of at least 4 members (excludes halogenated alkanes) is 2. The first-order valence-electron chi connectivity index (χ1n) is 17.2. The zero-order valence-electron chi connectivity index (χ0n) is 30.2. The maximum atomic E-state index is 13.3. The van der Waals surface area contributed by atoms with Crippen molar-refractivity contribution >= 4 is 45.5 Å². The Bertz CT molecular complexity index is 1940. The smallest absolute Gasteiger partial charge is 0.355 e. The second kappa shape index (κ2) is 13.9. The number of aromatic amines is 3. The zero-order valence-corrected chi connectivity index (χ0v) is 31.1. The van der Waals surface area contributed by atoms with Crippen LogP contribution < -0.4 is 0 Å². The molecule has 0 radical (unpaired) electrons. The first kappa shape index (κ1) is 35.4. The van der Waals surface area contributed by atoms with E-state index < -0.39 is 11.2 Å². The predicted octanol–water partition coefficient (Wildman–Crippen LogP) is 9.22. The number of nitrogens with zero attached hydrogens (tertiary/aromatic N) is 2. The fraction of sp³-hybridized carbons (Fsp3) is 0.526. The van der Waals surface area contributed by atoms with Crippen molar-refractivity contribution in [3.05, 3.63) is 68.6 Å². The number of nitrogens with one attached hydrogen (secondary N) is 3. The number of ether oxygens (including phenoxy) is 2. The Morgan fingerprint density at radius 1 is 0.771 bits per heavy atom. The maximum Gasteiger partial charge on any atom is 0.355 e. The molecule has 0 saturated carbocycles. The highest BCUT2D eigenvalue weighted by molar-refractivity contribution is 7.00. The van der Waals surface area contributed by atoms with Crippen molar-refractivity contribution in [3.8, 4) is 0 Å². The van der Waals surface area contributed by atoms with E-state index in [-0.39, 0.29) is 11.9 Å². The van der Waals surface area contributed by atoms with Gasteiger partial charge in [-0.05, 0) is 109 Å². The van der Waals surface area contributed by atoms with Gasteiger partial charge < -0.3 is 19.4 Å². The summed E-state index contributed by atoms with van der Waals surface area (Å²) in [5.74, 6) is -0.684. The molecule has 0 spiro atoms. The molecule has 0 atom stereocenters.